The van der Waals surface area contributed by atoms with E-state index in [9.17, 15) is 9.59 Å². The first-order chi connectivity index (χ1) is 16.7. The molecule has 0 N–H and O–H groups in total. The zero-order valence-corrected chi connectivity index (χ0v) is 20.2. The zero-order valence-electron chi connectivity index (χ0n) is 20.2. The number of unbranched alkanes of at least 4 members (excludes halogenated alkanes) is 1. The van der Waals surface area contributed by atoms with E-state index < -0.39 is 0 Å². The molecule has 3 aromatic rings. The van der Waals surface area contributed by atoms with Crippen LogP contribution in [0.15, 0.2) is 72.8 Å². The number of hydrogen-bond donors (Lipinski definition) is 0. The van der Waals surface area contributed by atoms with Gasteiger partial charge in [-0.1, -0.05) is 80.1 Å². The van der Waals surface area contributed by atoms with E-state index in [2.05, 4.69) is 36.1 Å². The van der Waals surface area contributed by atoms with Crippen LogP contribution in [0, 0.1) is 0 Å². The van der Waals surface area contributed by atoms with Gasteiger partial charge in [-0.05, 0) is 28.8 Å². The van der Waals surface area contributed by atoms with Crippen molar-refractivity contribution < 1.29 is 9.59 Å². The summed E-state index contributed by atoms with van der Waals surface area (Å²) in [6.07, 6.45) is 2.32. The van der Waals surface area contributed by atoms with Crippen molar-refractivity contribution in [2.45, 2.75) is 32.7 Å². The third-order valence-electron chi connectivity index (χ3n) is 6.66. The Kier molecular flexibility index (Phi) is 8.31. The van der Waals surface area contributed by atoms with E-state index in [1.807, 2.05) is 58.3 Å². The highest BCUT2D eigenvalue weighted by Crippen LogP contribution is 2.21. The number of amides is 2. The van der Waals surface area contributed by atoms with Crippen LogP contribution in [0.1, 0.15) is 42.1 Å². The topological polar surface area (TPSA) is 43.9 Å². The van der Waals surface area contributed by atoms with Crippen molar-refractivity contribution in [1.29, 1.82) is 0 Å². The summed E-state index contributed by atoms with van der Waals surface area (Å²) in [6.45, 7) is 7.45. The normalized spacial score (nSPS) is 14.3. The summed E-state index contributed by atoms with van der Waals surface area (Å²) < 4.78 is 0. The minimum atomic E-state index is 0.0192. The van der Waals surface area contributed by atoms with E-state index in [1.165, 1.54) is 5.56 Å². The Morgan fingerprint density at radius 3 is 2.29 bits per heavy atom. The molecule has 1 fully saturated rings. The van der Waals surface area contributed by atoms with Gasteiger partial charge in [0.1, 0.15) is 0 Å². The van der Waals surface area contributed by atoms with Gasteiger partial charge >= 0.3 is 0 Å². The van der Waals surface area contributed by atoms with Gasteiger partial charge in [-0.15, -0.1) is 0 Å². The number of hydrogen-bond acceptors (Lipinski definition) is 3. The Bertz CT molecular complexity index is 1090. The number of nitrogens with zero attached hydrogens (tertiary/aromatic N) is 3. The molecule has 2 amide bonds. The first-order valence-corrected chi connectivity index (χ1v) is 12.5. The van der Waals surface area contributed by atoms with Gasteiger partial charge in [-0.3, -0.25) is 14.5 Å². The molecule has 5 nitrogen and oxygen atoms in total. The second kappa shape index (κ2) is 11.8. The molecule has 0 spiro atoms. The molecule has 0 unspecified atom stereocenters. The lowest BCUT2D eigenvalue weighted by Crippen LogP contribution is -2.49. The number of rotatable bonds is 9. The molecule has 0 bridgehead atoms. The maximum absolute atomic E-state index is 13.5. The summed E-state index contributed by atoms with van der Waals surface area (Å²) in [7, 11) is 0. The van der Waals surface area contributed by atoms with E-state index >= 15 is 0 Å². The minimum absolute atomic E-state index is 0.0192. The molecule has 0 saturated carbocycles. The summed E-state index contributed by atoms with van der Waals surface area (Å²) in [5, 5.41) is 2.03. The average Bonchev–Trinajstić information content (AvgIpc) is 2.89. The second-order valence-corrected chi connectivity index (χ2v) is 9.06. The fourth-order valence-corrected chi connectivity index (χ4v) is 4.63. The first-order valence-electron chi connectivity index (χ1n) is 12.5. The molecule has 0 atom stereocenters. The lowest BCUT2D eigenvalue weighted by Gasteiger charge is -2.35. The summed E-state index contributed by atoms with van der Waals surface area (Å²) in [4.78, 5) is 32.7. The first kappa shape index (κ1) is 24.0. The maximum atomic E-state index is 13.5. The van der Waals surface area contributed by atoms with Crippen LogP contribution in [0.3, 0.4) is 0 Å². The molecule has 1 aliphatic rings. The molecular formula is C29H35N3O2. The number of carbonyl (C=O) groups is 2. The van der Waals surface area contributed by atoms with E-state index in [4.69, 9.17) is 0 Å². The standard InChI is InChI=1S/C29H35N3O2/c1-2-3-17-32(29(34)27-15-9-13-25-12-7-8-14-26(25)27)18-16-28(33)31-21-19-30(20-22-31)23-24-10-5-4-6-11-24/h4-15H,2-3,16-23H2,1H3. The third-order valence-corrected chi connectivity index (χ3v) is 6.66. The van der Waals surface area contributed by atoms with Gasteiger partial charge in [0.2, 0.25) is 5.91 Å². The number of fused-ring (bicyclic) bond motifs is 1. The van der Waals surface area contributed by atoms with Crippen molar-refractivity contribution in [3.63, 3.8) is 0 Å². The molecule has 178 valence electrons. The van der Waals surface area contributed by atoms with Crippen LogP contribution < -0.4 is 0 Å². The van der Waals surface area contributed by atoms with E-state index in [-0.39, 0.29) is 11.8 Å². The number of carbonyl (C=O) groups excluding carboxylic acids is 2. The van der Waals surface area contributed by atoms with E-state index in [0.717, 1.165) is 61.9 Å². The highest BCUT2D eigenvalue weighted by atomic mass is 16.2. The van der Waals surface area contributed by atoms with Gasteiger partial charge in [0, 0.05) is 57.8 Å². The predicted octanol–water partition coefficient (Wildman–Crippen LogP) is 4.82. The average molecular weight is 458 g/mol. The molecule has 0 aliphatic carbocycles. The largest absolute Gasteiger partial charge is 0.340 e. The lowest BCUT2D eigenvalue weighted by atomic mass is 10.0. The summed E-state index contributed by atoms with van der Waals surface area (Å²) >= 11 is 0. The molecular weight excluding hydrogens is 422 g/mol. The molecule has 1 saturated heterocycles. The Labute approximate surface area is 203 Å². The summed E-state index contributed by atoms with van der Waals surface area (Å²) in [5.41, 5.74) is 2.02. The van der Waals surface area contributed by atoms with Crippen molar-refractivity contribution in [2.75, 3.05) is 39.3 Å². The smallest absolute Gasteiger partial charge is 0.254 e. The fraction of sp³-hybridized carbons (Fsp3) is 0.379. The molecule has 1 heterocycles. The van der Waals surface area contributed by atoms with Crippen LogP contribution in [-0.4, -0.2) is 65.8 Å². The van der Waals surface area contributed by atoms with Crippen LogP contribution in [0.4, 0.5) is 0 Å². The molecule has 4 rings (SSSR count). The van der Waals surface area contributed by atoms with E-state index in [1.54, 1.807) is 0 Å². The van der Waals surface area contributed by atoms with Crippen LogP contribution in [0.5, 0.6) is 0 Å². The summed E-state index contributed by atoms with van der Waals surface area (Å²) in [6, 6.07) is 24.3. The van der Waals surface area contributed by atoms with Gasteiger partial charge in [0.05, 0.1) is 0 Å². The molecule has 5 heteroatoms. The Balaban J connectivity index is 1.34. The second-order valence-electron chi connectivity index (χ2n) is 9.06. The highest BCUT2D eigenvalue weighted by molar-refractivity contribution is 6.07. The van der Waals surface area contributed by atoms with Crippen LogP contribution in [0.25, 0.3) is 10.8 Å². The Morgan fingerprint density at radius 1 is 0.824 bits per heavy atom. The zero-order chi connectivity index (χ0) is 23.8. The quantitative estimate of drug-likeness (QED) is 0.463. The number of benzene rings is 3. The molecule has 0 radical (unpaired) electrons. The molecule has 1 aliphatic heterocycles. The Morgan fingerprint density at radius 2 is 1.53 bits per heavy atom. The molecule has 34 heavy (non-hydrogen) atoms. The van der Waals surface area contributed by atoms with Gasteiger partial charge in [0.15, 0.2) is 0 Å². The highest BCUT2D eigenvalue weighted by Gasteiger charge is 2.23. The molecule has 3 aromatic carbocycles. The minimum Gasteiger partial charge on any atom is -0.340 e. The van der Waals surface area contributed by atoms with Gasteiger partial charge < -0.3 is 9.80 Å². The van der Waals surface area contributed by atoms with Gasteiger partial charge in [-0.25, -0.2) is 0 Å². The van der Waals surface area contributed by atoms with Crippen LogP contribution in [-0.2, 0) is 11.3 Å². The lowest BCUT2D eigenvalue weighted by molar-refractivity contribution is -0.133. The maximum Gasteiger partial charge on any atom is 0.254 e. The van der Waals surface area contributed by atoms with Crippen LogP contribution >= 0.6 is 0 Å². The van der Waals surface area contributed by atoms with Gasteiger partial charge in [0.25, 0.3) is 5.91 Å². The Hall–Kier alpha value is -3.18. The fourth-order valence-electron chi connectivity index (χ4n) is 4.63. The summed E-state index contributed by atoms with van der Waals surface area (Å²) in [5.74, 6) is 0.164. The molecule has 0 aromatic heterocycles. The van der Waals surface area contributed by atoms with Crippen molar-refractivity contribution in [1.82, 2.24) is 14.7 Å². The third kappa shape index (κ3) is 6.03. The van der Waals surface area contributed by atoms with Gasteiger partial charge in [-0.2, -0.15) is 0 Å². The van der Waals surface area contributed by atoms with Crippen molar-refractivity contribution in [3.05, 3.63) is 83.9 Å². The number of piperazine rings is 1. The monoisotopic (exact) mass is 457 g/mol. The van der Waals surface area contributed by atoms with Crippen LogP contribution in [0.2, 0.25) is 0 Å². The van der Waals surface area contributed by atoms with Crippen molar-refractivity contribution in [2.24, 2.45) is 0 Å². The SMILES string of the molecule is CCCCN(CCC(=O)N1CCN(Cc2ccccc2)CC1)C(=O)c1cccc2ccccc12. The van der Waals surface area contributed by atoms with Crippen molar-refractivity contribution in [3.8, 4) is 0 Å². The van der Waals surface area contributed by atoms with E-state index in [0.29, 0.717) is 19.5 Å². The van der Waals surface area contributed by atoms with Crippen molar-refractivity contribution >= 4 is 22.6 Å². The predicted molar refractivity (Wildman–Crippen MR) is 138 cm³/mol.